The smallest absolute Gasteiger partial charge is 0.115 e. The van der Waals surface area contributed by atoms with Crippen LogP contribution < -0.4 is 5.32 Å². The predicted molar refractivity (Wildman–Crippen MR) is 64.0 cm³/mol. The molecule has 0 aliphatic rings. The molecule has 15 heavy (non-hydrogen) atoms. The molecular formula is C13H21NO. The summed E-state index contributed by atoms with van der Waals surface area (Å²) in [6, 6.07) is 7.37. The largest absolute Gasteiger partial charge is 0.508 e. The van der Waals surface area contributed by atoms with E-state index in [0.29, 0.717) is 5.75 Å². The summed E-state index contributed by atoms with van der Waals surface area (Å²) >= 11 is 0. The first kappa shape index (κ1) is 12.1. The van der Waals surface area contributed by atoms with E-state index in [4.69, 9.17) is 5.11 Å². The Morgan fingerprint density at radius 2 is 1.80 bits per heavy atom. The van der Waals surface area contributed by atoms with E-state index in [0.717, 1.165) is 13.1 Å². The summed E-state index contributed by atoms with van der Waals surface area (Å²) in [5.41, 5.74) is 1.23. The third-order valence-electron chi connectivity index (χ3n) is 2.47. The zero-order chi connectivity index (χ0) is 10.9. The summed E-state index contributed by atoms with van der Waals surface area (Å²) in [5, 5.41) is 12.5. The molecule has 0 heterocycles. The van der Waals surface area contributed by atoms with Gasteiger partial charge in [-0.15, -0.1) is 0 Å². The van der Waals surface area contributed by atoms with E-state index in [1.165, 1.54) is 31.2 Å². The lowest BCUT2D eigenvalue weighted by Crippen LogP contribution is -2.14. The minimum Gasteiger partial charge on any atom is -0.508 e. The van der Waals surface area contributed by atoms with Crippen LogP contribution in [0.15, 0.2) is 24.3 Å². The summed E-state index contributed by atoms with van der Waals surface area (Å²) < 4.78 is 0. The lowest BCUT2D eigenvalue weighted by atomic mass is 10.2. The first-order valence-electron chi connectivity index (χ1n) is 5.81. The van der Waals surface area contributed by atoms with Crippen molar-refractivity contribution in [1.82, 2.24) is 5.32 Å². The summed E-state index contributed by atoms with van der Waals surface area (Å²) in [6.07, 6.45) is 5.20. The van der Waals surface area contributed by atoms with Crippen molar-refractivity contribution in [3.05, 3.63) is 29.8 Å². The van der Waals surface area contributed by atoms with Gasteiger partial charge in [-0.1, -0.05) is 38.3 Å². The number of hydrogen-bond acceptors (Lipinski definition) is 2. The number of aromatic hydroxyl groups is 1. The molecule has 2 nitrogen and oxygen atoms in total. The fourth-order valence-electron chi connectivity index (χ4n) is 1.52. The van der Waals surface area contributed by atoms with E-state index in [1.807, 2.05) is 12.1 Å². The first-order chi connectivity index (χ1) is 7.33. The van der Waals surface area contributed by atoms with Crippen molar-refractivity contribution in [2.24, 2.45) is 0 Å². The van der Waals surface area contributed by atoms with Crippen LogP contribution >= 0.6 is 0 Å². The zero-order valence-corrected chi connectivity index (χ0v) is 9.50. The van der Waals surface area contributed by atoms with Crippen LogP contribution in [0.3, 0.4) is 0 Å². The molecule has 0 unspecified atom stereocenters. The van der Waals surface area contributed by atoms with Gasteiger partial charge in [-0.05, 0) is 30.7 Å². The van der Waals surface area contributed by atoms with Gasteiger partial charge in [-0.25, -0.2) is 0 Å². The van der Waals surface area contributed by atoms with E-state index >= 15 is 0 Å². The monoisotopic (exact) mass is 207 g/mol. The predicted octanol–water partition coefficient (Wildman–Crippen LogP) is 3.06. The molecule has 2 heteroatoms. The number of phenolic OH excluding ortho intramolecular Hbond substituents is 1. The Kier molecular flexibility index (Phi) is 5.86. The molecule has 1 rings (SSSR count). The van der Waals surface area contributed by atoms with E-state index < -0.39 is 0 Å². The molecule has 0 aliphatic heterocycles. The lowest BCUT2D eigenvalue weighted by Gasteiger charge is -2.04. The van der Waals surface area contributed by atoms with Crippen LogP contribution in [0.25, 0.3) is 0 Å². The summed E-state index contributed by atoms with van der Waals surface area (Å²) in [6.45, 7) is 4.21. The van der Waals surface area contributed by atoms with Crippen LogP contribution in [-0.2, 0) is 6.54 Å². The van der Waals surface area contributed by atoms with Crippen LogP contribution in [0.4, 0.5) is 0 Å². The fourth-order valence-corrected chi connectivity index (χ4v) is 1.52. The molecule has 0 saturated carbocycles. The summed E-state index contributed by atoms with van der Waals surface area (Å²) in [4.78, 5) is 0. The van der Waals surface area contributed by atoms with Gasteiger partial charge in [0.2, 0.25) is 0 Å². The van der Waals surface area contributed by atoms with Gasteiger partial charge in [0.05, 0.1) is 0 Å². The average Bonchev–Trinajstić information content (AvgIpc) is 2.26. The normalized spacial score (nSPS) is 10.5. The standard InChI is InChI=1S/C13H21NO/c1-2-3-4-5-10-14-11-12-6-8-13(15)9-7-12/h6-9,14-15H,2-5,10-11H2,1H3. The number of rotatable bonds is 7. The zero-order valence-electron chi connectivity index (χ0n) is 9.50. The third kappa shape index (κ3) is 5.43. The molecule has 0 amide bonds. The number of hydrogen-bond donors (Lipinski definition) is 2. The summed E-state index contributed by atoms with van der Waals surface area (Å²) in [5.74, 6) is 0.335. The Hall–Kier alpha value is -1.02. The minimum absolute atomic E-state index is 0.335. The molecule has 0 bridgehead atoms. The maximum Gasteiger partial charge on any atom is 0.115 e. The van der Waals surface area contributed by atoms with Crippen LogP contribution in [0.1, 0.15) is 38.2 Å². The van der Waals surface area contributed by atoms with Crippen LogP contribution in [0.2, 0.25) is 0 Å². The van der Waals surface area contributed by atoms with Crippen molar-refractivity contribution in [3.8, 4) is 5.75 Å². The van der Waals surface area contributed by atoms with Crippen LogP contribution in [0, 0.1) is 0 Å². The maximum absolute atomic E-state index is 9.10. The molecule has 0 saturated heterocycles. The lowest BCUT2D eigenvalue weighted by molar-refractivity contribution is 0.475. The molecule has 0 atom stereocenters. The quantitative estimate of drug-likeness (QED) is 0.673. The Balaban J connectivity index is 2.07. The second-order valence-corrected chi connectivity index (χ2v) is 3.90. The van der Waals surface area contributed by atoms with Gasteiger partial charge < -0.3 is 10.4 Å². The Bertz CT molecular complexity index is 256. The third-order valence-corrected chi connectivity index (χ3v) is 2.47. The molecule has 0 aliphatic carbocycles. The van der Waals surface area contributed by atoms with Crippen molar-refractivity contribution in [2.75, 3.05) is 6.54 Å². The topological polar surface area (TPSA) is 32.3 Å². The molecule has 0 spiro atoms. The Morgan fingerprint density at radius 1 is 1.07 bits per heavy atom. The Labute approximate surface area is 92.3 Å². The molecule has 0 radical (unpaired) electrons. The average molecular weight is 207 g/mol. The molecular weight excluding hydrogens is 186 g/mol. The van der Waals surface area contributed by atoms with Gasteiger partial charge >= 0.3 is 0 Å². The van der Waals surface area contributed by atoms with Crippen LogP contribution in [-0.4, -0.2) is 11.7 Å². The minimum atomic E-state index is 0.335. The molecule has 0 fully saturated rings. The van der Waals surface area contributed by atoms with Gasteiger partial charge in [-0.3, -0.25) is 0 Å². The number of benzene rings is 1. The number of phenols is 1. The Morgan fingerprint density at radius 3 is 2.47 bits per heavy atom. The highest BCUT2D eigenvalue weighted by Gasteiger charge is 1.93. The number of unbranched alkanes of at least 4 members (excludes halogenated alkanes) is 3. The molecule has 84 valence electrons. The highest BCUT2D eigenvalue weighted by molar-refractivity contribution is 5.25. The summed E-state index contributed by atoms with van der Waals surface area (Å²) in [7, 11) is 0. The maximum atomic E-state index is 9.10. The SMILES string of the molecule is CCCCCCNCc1ccc(O)cc1. The van der Waals surface area contributed by atoms with Crippen molar-refractivity contribution in [2.45, 2.75) is 39.2 Å². The van der Waals surface area contributed by atoms with Gasteiger partial charge in [0, 0.05) is 6.54 Å². The van der Waals surface area contributed by atoms with Gasteiger partial charge in [-0.2, -0.15) is 0 Å². The second-order valence-electron chi connectivity index (χ2n) is 3.90. The van der Waals surface area contributed by atoms with Crippen molar-refractivity contribution in [1.29, 1.82) is 0 Å². The van der Waals surface area contributed by atoms with E-state index in [-0.39, 0.29) is 0 Å². The van der Waals surface area contributed by atoms with Crippen molar-refractivity contribution in [3.63, 3.8) is 0 Å². The van der Waals surface area contributed by atoms with Crippen LogP contribution in [0.5, 0.6) is 5.75 Å². The van der Waals surface area contributed by atoms with Crippen molar-refractivity contribution < 1.29 is 5.11 Å². The second kappa shape index (κ2) is 7.30. The highest BCUT2D eigenvalue weighted by Crippen LogP contribution is 2.09. The van der Waals surface area contributed by atoms with Gasteiger partial charge in [0.15, 0.2) is 0 Å². The highest BCUT2D eigenvalue weighted by atomic mass is 16.3. The molecule has 2 N–H and O–H groups in total. The van der Waals surface area contributed by atoms with E-state index in [9.17, 15) is 0 Å². The fraction of sp³-hybridized carbons (Fsp3) is 0.538. The number of nitrogens with one attached hydrogen (secondary N) is 1. The van der Waals surface area contributed by atoms with Crippen molar-refractivity contribution >= 4 is 0 Å². The molecule has 1 aromatic carbocycles. The van der Waals surface area contributed by atoms with Gasteiger partial charge in [0.1, 0.15) is 5.75 Å². The van der Waals surface area contributed by atoms with E-state index in [1.54, 1.807) is 12.1 Å². The first-order valence-corrected chi connectivity index (χ1v) is 5.81. The van der Waals surface area contributed by atoms with E-state index in [2.05, 4.69) is 12.2 Å². The molecule has 1 aromatic rings. The van der Waals surface area contributed by atoms with Gasteiger partial charge in [0.25, 0.3) is 0 Å². The molecule has 0 aromatic heterocycles.